The largest absolute Gasteiger partial charge is 0.480 e. The number of hydrogen-bond acceptors (Lipinski definition) is 2. The summed E-state index contributed by atoms with van der Waals surface area (Å²) in [6.45, 7) is 4.71. The Balaban J connectivity index is 4.12. The van der Waals surface area contributed by atoms with Gasteiger partial charge in [0.1, 0.15) is 6.54 Å². The number of carbonyl (C=O) groups excluding carboxylic acids is 1. The minimum absolute atomic E-state index is 0.0522. The molecule has 0 atom stereocenters. The summed E-state index contributed by atoms with van der Waals surface area (Å²) in [4.78, 5) is 22.3. The Bertz CT molecular complexity index is 165. The van der Waals surface area contributed by atoms with Gasteiger partial charge in [-0.1, -0.05) is 0 Å². The average molecular weight is 159 g/mol. The van der Waals surface area contributed by atoms with Crippen LogP contribution in [0.15, 0.2) is 0 Å². The highest BCUT2D eigenvalue weighted by Gasteiger charge is 2.15. The first-order valence-corrected chi connectivity index (χ1v) is 3.44. The molecule has 0 aromatic heterocycles. The van der Waals surface area contributed by atoms with Gasteiger partial charge in [-0.25, -0.2) is 0 Å². The van der Waals surface area contributed by atoms with Gasteiger partial charge in [-0.05, 0) is 13.8 Å². The number of amides is 1. The van der Waals surface area contributed by atoms with E-state index in [4.69, 9.17) is 5.11 Å². The molecule has 4 heteroatoms. The minimum atomic E-state index is -0.978. The van der Waals surface area contributed by atoms with Crippen molar-refractivity contribution in [3.05, 3.63) is 0 Å². The van der Waals surface area contributed by atoms with E-state index in [1.807, 2.05) is 0 Å². The lowest BCUT2D eigenvalue weighted by molar-refractivity contribution is -0.144. The number of rotatable bonds is 3. The van der Waals surface area contributed by atoms with Crippen LogP contribution < -0.4 is 0 Å². The SMILES string of the molecule is CC(=O)N(CC(=O)O)C(C)C. The fourth-order valence-electron chi connectivity index (χ4n) is 0.803. The highest BCUT2D eigenvalue weighted by molar-refractivity contribution is 5.79. The van der Waals surface area contributed by atoms with E-state index < -0.39 is 5.97 Å². The second kappa shape index (κ2) is 3.95. The molecule has 0 fully saturated rings. The average Bonchev–Trinajstić information content (AvgIpc) is 1.81. The van der Waals surface area contributed by atoms with E-state index in [1.165, 1.54) is 11.8 Å². The first-order valence-electron chi connectivity index (χ1n) is 3.44. The van der Waals surface area contributed by atoms with Crippen LogP contribution in [0, 0.1) is 0 Å². The zero-order valence-corrected chi connectivity index (χ0v) is 7.00. The Labute approximate surface area is 65.8 Å². The number of nitrogens with zero attached hydrogens (tertiary/aromatic N) is 1. The Kier molecular flexibility index (Phi) is 3.57. The molecule has 0 saturated heterocycles. The highest BCUT2D eigenvalue weighted by atomic mass is 16.4. The predicted molar refractivity (Wildman–Crippen MR) is 40.2 cm³/mol. The maximum atomic E-state index is 10.8. The molecular weight excluding hydrogens is 146 g/mol. The van der Waals surface area contributed by atoms with E-state index in [-0.39, 0.29) is 18.5 Å². The molecule has 0 bridgehead atoms. The molecule has 0 aromatic carbocycles. The molecule has 0 aliphatic rings. The molecule has 0 rings (SSSR count). The Morgan fingerprint density at radius 1 is 1.45 bits per heavy atom. The monoisotopic (exact) mass is 159 g/mol. The standard InChI is InChI=1S/C7H13NO3/c1-5(2)8(6(3)9)4-7(10)11/h5H,4H2,1-3H3,(H,10,11). The quantitative estimate of drug-likeness (QED) is 0.645. The van der Waals surface area contributed by atoms with Crippen LogP contribution >= 0.6 is 0 Å². The van der Waals surface area contributed by atoms with Crippen LogP contribution in [0.3, 0.4) is 0 Å². The van der Waals surface area contributed by atoms with Crippen LogP contribution in [-0.2, 0) is 9.59 Å². The summed E-state index contributed by atoms with van der Waals surface area (Å²) in [6, 6.07) is -0.0522. The van der Waals surface area contributed by atoms with E-state index in [0.29, 0.717) is 0 Å². The highest BCUT2D eigenvalue weighted by Crippen LogP contribution is 1.97. The summed E-state index contributed by atoms with van der Waals surface area (Å²) in [5.74, 6) is -1.18. The van der Waals surface area contributed by atoms with Crippen molar-refractivity contribution in [1.82, 2.24) is 4.90 Å². The Morgan fingerprint density at radius 3 is 2.00 bits per heavy atom. The summed E-state index contributed by atoms with van der Waals surface area (Å²) < 4.78 is 0. The van der Waals surface area contributed by atoms with Gasteiger partial charge in [-0.2, -0.15) is 0 Å². The molecule has 4 nitrogen and oxygen atoms in total. The van der Waals surface area contributed by atoms with Crippen molar-refractivity contribution in [2.24, 2.45) is 0 Å². The molecule has 0 saturated carbocycles. The van der Waals surface area contributed by atoms with Crippen LogP contribution in [-0.4, -0.2) is 34.5 Å². The number of carboxylic acid groups (broad SMARTS) is 1. The third-order valence-electron chi connectivity index (χ3n) is 1.33. The van der Waals surface area contributed by atoms with E-state index in [1.54, 1.807) is 13.8 Å². The van der Waals surface area contributed by atoms with Crippen LogP contribution in [0.25, 0.3) is 0 Å². The molecule has 0 aliphatic heterocycles. The first-order chi connectivity index (χ1) is 4.95. The Morgan fingerprint density at radius 2 is 1.91 bits per heavy atom. The van der Waals surface area contributed by atoms with E-state index in [9.17, 15) is 9.59 Å². The molecule has 0 spiro atoms. The fourth-order valence-corrected chi connectivity index (χ4v) is 0.803. The zero-order chi connectivity index (χ0) is 9.02. The van der Waals surface area contributed by atoms with Crippen LogP contribution in [0.1, 0.15) is 20.8 Å². The van der Waals surface area contributed by atoms with Gasteiger partial charge in [0.05, 0.1) is 0 Å². The number of hydrogen-bond donors (Lipinski definition) is 1. The molecule has 1 N–H and O–H groups in total. The van der Waals surface area contributed by atoms with E-state index >= 15 is 0 Å². The van der Waals surface area contributed by atoms with Gasteiger partial charge >= 0.3 is 5.97 Å². The third-order valence-corrected chi connectivity index (χ3v) is 1.33. The molecule has 0 radical (unpaired) electrons. The van der Waals surface area contributed by atoms with Crippen LogP contribution in [0.5, 0.6) is 0 Å². The summed E-state index contributed by atoms with van der Waals surface area (Å²) >= 11 is 0. The lowest BCUT2D eigenvalue weighted by Crippen LogP contribution is -2.39. The maximum absolute atomic E-state index is 10.8. The van der Waals surface area contributed by atoms with Gasteiger partial charge in [-0.3, -0.25) is 9.59 Å². The summed E-state index contributed by atoms with van der Waals surface area (Å²) in [6.07, 6.45) is 0. The lowest BCUT2D eigenvalue weighted by Gasteiger charge is -2.22. The number of carbonyl (C=O) groups is 2. The fraction of sp³-hybridized carbons (Fsp3) is 0.714. The van der Waals surface area contributed by atoms with Crippen molar-refractivity contribution >= 4 is 11.9 Å². The van der Waals surface area contributed by atoms with Gasteiger partial charge in [0.25, 0.3) is 0 Å². The van der Waals surface area contributed by atoms with E-state index in [2.05, 4.69) is 0 Å². The number of aliphatic carboxylic acids is 1. The molecule has 11 heavy (non-hydrogen) atoms. The smallest absolute Gasteiger partial charge is 0.323 e. The second-order valence-electron chi connectivity index (χ2n) is 2.63. The summed E-state index contributed by atoms with van der Waals surface area (Å²) in [7, 11) is 0. The topological polar surface area (TPSA) is 57.6 Å². The first kappa shape index (κ1) is 9.94. The van der Waals surface area contributed by atoms with Crippen molar-refractivity contribution in [3.8, 4) is 0 Å². The van der Waals surface area contributed by atoms with Crippen molar-refractivity contribution in [2.45, 2.75) is 26.8 Å². The number of carboxylic acids is 1. The van der Waals surface area contributed by atoms with Crippen LogP contribution in [0.2, 0.25) is 0 Å². The van der Waals surface area contributed by atoms with Gasteiger partial charge in [0, 0.05) is 13.0 Å². The van der Waals surface area contributed by atoms with Crippen LogP contribution in [0.4, 0.5) is 0 Å². The second-order valence-corrected chi connectivity index (χ2v) is 2.63. The molecular formula is C7H13NO3. The molecule has 0 heterocycles. The molecule has 0 aromatic rings. The lowest BCUT2D eigenvalue weighted by atomic mass is 10.3. The van der Waals surface area contributed by atoms with E-state index in [0.717, 1.165) is 0 Å². The summed E-state index contributed by atoms with van der Waals surface area (Å²) in [5.41, 5.74) is 0. The molecule has 64 valence electrons. The van der Waals surface area contributed by atoms with Gasteiger partial charge < -0.3 is 10.0 Å². The summed E-state index contributed by atoms with van der Waals surface area (Å²) in [5, 5.41) is 8.39. The van der Waals surface area contributed by atoms with Crippen molar-refractivity contribution in [1.29, 1.82) is 0 Å². The third kappa shape index (κ3) is 3.60. The molecule has 0 unspecified atom stereocenters. The Hall–Kier alpha value is -1.06. The normalized spacial score (nSPS) is 9.82. The minimum Gasteiger partial charge on any atom is -0.480 e. The van der Waals surface area contributed by atoms with Gasteiger partial charge in [0.2, 0.25) is 5.91 Å². The molecule has 1 amide bonds. The maximum Gasteiger partial charge on any atom is 0.323 e. The predicted octanol–water partition coefficient (Wildman–Crippen LogP) is 0.328. The van der Waals surface area contributed by atoms with Gasteiger partial charge in [-0.15, -0.1) is 0 Å². The van der Waals surface area contributed by atoms with Crippen molar-refractivity contribution in [3.63, 3.8) is 0 Å². The van der Waals surface area contributed by atoms with Crippen molar-refractivity contribution < 1.29 is 14.7 Å². The molecule has 0 aliphatic carbocycles. The zero-order valence-electron chi connectivity index (χ0n) is 7.00. The van der Waals surface area contributed by atoms with Crippen molar-refractivity contribution in [2.75, 3.05) is 6.54 Å². The van der Waals surface area contributed by atoms with Gasteiger partial charge in [0.15, 0.2) is 0 Å².